The quantitative estimate of drug-likeness (QED) is 0.612. The zero-order chi connectivity index (χ0) is 16.7. The average Bonchev–Trinajstić information content (AvgIpc) is 2.86. The largest absolute Gasteiger partial charge is 0.426 e. The Labute approximate surface area is 139 Å². The Hall–Kier alpha value is -0.830. The molecule has 2 aliphatic heterocycles. The van der Waals surface area contributed by atoms with Crippen molar-refractivity contribution in [3.8, 4) is 0 Å². The normalized spacial score (nSPS) is 51.2. The van der Waals surface area contributed by atoms with Gasteiger partial charge in [-0.3, -0.25) is 0 Å². The number of carbonyl (C=O) groups is 1. The lowest BCUT2D eigenvalue weighted by Crippen LogP contribution is -2.55. The maximum Gasteiger partial charge on any atom is 0.333 e. The highest BCUT2D eigenvalue weighted by Gasteiger charge is 2.67. The van der Waals surface area contributed by atoms with E-state index in [0.717, 1.165) is 24.3 Å². The van der Waals surface area contributed by atoms with Crippen molar-refractivity contribution in [2.45, 2.75) is 84.5 Å². The maximum absolute atomic E-state index is 11.8. The monoisotopic (exact) mass is 318 g/mol. The Morgan fingerprint density at radius 1 is 1.09 bits per heavy atom. The summed E-state index contributed by atoms with van der Waals surface area (Å²) in [4.78, 5) is 11.8. The first-order valence-corrected chi connectivity index (χ1v) is 9.23. The molecule has 4 aliphatic rings. The highest BCUT2D eigenvalue weighted by Crippen LogP contribution is 2.68. The van der Waals surface area contributed by atoms with E-state index in [1.165, 1.54) is 25.7 Å². The summed E-state index contributed by atoms with van der Waals surface area (Å²) in [6.45, 7) is 11.6. The van der Waals surface area contributed by atoms with Crippen LogP contribution in [-0.4, -0.2) is 17.4 Å². The summed E-state index contributed by atoms with van der Waals surface area (Å²) in [6.07, 6.45) is 8.66. The Balaban J connectivity index is 1.74. The molecule has 1 spiro atoms. The molecule has 4 rings (SSSR count). The van der Waals surface area contributed by atoms with Crippen molar-refractivity contribution in [1.82, 2.24) is 0 Å². The van der Waals surface area contributed by atoms with Gasteiger partial charge in [0, 0.05) is 24.0 Å². The van der Waals surface area contributed by atoms with Crippen LogP contribution in [-0.2, 0) is 14.3 Å². The lowest BCUT2D eigenvalue weighted by Gasteiger charge is -2.60. The van der Waals surface area contributed by atoms with Crippen LogP contribution in [0.15, 0.2) is 11.6 Å². The van der Waals surface area contributed by atoms with Crippen LogP contribution >= 0.6 is 0 Å². The van der Waals surface area contributed by atoms with Crippen molar-refractivity contribution in [1.29, 1.82) is 0 Å². The molecule has 3 nitrogen and oxygen atoms in total. The summed E-state index contributed by atoms with van der Waals surface area (Å²) >= 11 is 0. The van der Waals surface area contributed by atoms with Crippen LogP contribution in [0.5, 0.6) is 0 Å². The topological polar surface area (TPSA) is 35.5 Å². The maximum atomic E-state index is 11.8. The first kappa shape index (κ1) is 15.7. The van der Waals surface area contributed by atoms with E-state index in [2.05, 4.69) is 27.7 Å². The SMILES string of the molecule is CC1=CC(=O)O[C@]12C[C@@H]1[C@]3(C)CCCC(C)(C)[C@@H]3CC[C@@]1(C)O2. The number of esters is 1. The molecular formula is C20H30O3. The van der Waals surface area contributed by atoms with Crippen molar-refractivity contribution >= 4 is 5.97 Å². The lowest BCUT2D eigenvalue weighted by molar-refractivity contribution is -0.226. The molecule has 3 fully saturated rings. The highest BCUT2D eigenvalue weighted by atomic mass is 16.7. The number of hydrogen-bond donors (Lipinski definition) is 0. The molecule has 0 radical (unpaired) electrons. The fourth-order valence-electron chi connectivity index (χ4n) is 6.73. The molecule has 2 heterocycles. The van der Waals surface area contributed by atoms with Crippen molar-refractivity contribution < 1.29 is 14.3 Å². The molecule has 2 saturated carbocycles. The van der Waals surface area contributed by atoms with Gasteiger partial charge in [0.1, 0.15) is 0 Å². The predicted molar refractivity (Wildman–Crippen MR) is 88.6 cm³/mol. The molecule has 23 heavy (non-hydrogen) atoms. The second-order valence-corrected chi connectivity index (χ2v) is 9.61. The van der Waals surface area contributed by atoms with E-state index in [9.17, 15) is 4.79 Å². The molecule has 0 aromatic rings. The average molecular weight is 318 g/mol. The number of hydrogen-bond acceptors (Lipinski definition) is 3. The number of carbonyl (C=O) groups excluding carboxylic acids is 1. The zero-order valence-electron chi connectivity index (χ0n) is 15.2. The van der Waals surface area contributed by atoms with Crippen molar-refractivity contribution in [2.75, 3.05) is 0 Å². The van der Waals surface area contributed by atoms with Gasteiger partial charge in [-0.15, -0.1) is 0 Å². The second-order valence-electron chi connectivity index (χ2n) is 9.61. The van der Waals surface area contributed by atoms with Crippen LogP contribution in [0.3, 0.4) is 0 Å². The van der Waals surface area contributed by atoms with E-state index in [-0.39, 0.29) is 17.0 Å². The molecule has 0 unspecified atom stereocenters. The minimum atomic E-state index is -0.782. The van der Waals surface area contributed by atoms with Gasteiger partial charge in [0.2, 0.25) is 5.79 Å². The second kappa shape index (κ2) is 4.41. The molecule has 1 saturated heterocycles. The molecule has 128 valence electrons. The Morgan fingerprint density at radius 2 is 1.83 bits per heavy atom. The molecule has 5 atom stereocenters. The van der Waals surface area contributed by atoms with Gasteiger partial charge in [-0.25, -0.2) is 4.79 Å². The fourth-order valence-corrected chi connectivity index (χ4v) is 6.73. The number of fused-ring (bicyclic) bond motifs is 3. The molecule has 3 heteroatoms. The lowest BCUT2D eigenvalue weighted by atomic mass is 9.45. The summed E-state index contributed by atoms with van der Waals surface area (Å²) < 4.78 is 12.3. The Bertz CT molecular complexity index is 592. The standard InChI is InChI=1S/C20H30O3/c1-13-11-16(21)22-20(13)12-15-18(4)9-6-8-17(2,3)14(18)7-10-19(15,5)23-20/h11,14-15H,6-10,12H2,1-5H3/t14-,15+,18+,19+,20-/m0/s1. The summed E-state index contributed by atoms with van der Waals surface area (Å²) in [5.41, 5.74) is 1.47. The molecule has 0 N–H and O–H groups in total. The molecular weight excluding hydrogens is 288 g/mol. The van der Waals surface area contributed by atoms with E-state index in [4.69, 9.17) is 9.47 Å². The first-order chi connectivity index (χ1) is 10.6. The summed E-state index contributed by atoms with van der Waals surface area (Å²) in [5, 5.41) is 0. The first-order valence-electron chi connectivity index (χ1n) is 9.23. The highest BCUT2D eigenvalue weighted by molar-refractivity contribution is 5.86. The molecule has 2 aliphatic carbocycles. The van der Waals surface area contributed by atoms with E-state index in [1.807, 2.05) is 6.92 Å². The van der Waals surface area contributed by atoms with Gasteiger partial charge in [-0.1, -0.05) is 27.2 Å². The fraction of sp³-hybridized carbons (Fsp3) is 0.850. The number of ether oxygens (including phenoxy) is 2. The van der Waals surface area contributed by atoms with E-state index < -0.39 is 5.79 Å². The summed E-state index contributed by atoms with van der Waals surface area (Å²) in [7, 11) is 0. The van der Waals surface area contributed by atoms with Gasteiger partial charge in [-0.05, 0) is 56.3 Å². The van der Waals surface area contributed by atoms with Crippen LogP contribution in [0.4, 0.5) is 0 Å². The third-order valence-corrected chi connectivity index (χ3v) is 7.81. The van der Waals surface area contributed by atoms with E-state index >= 15 is 0 Å². The third kappa shape index (κ3) is 1.95. The van der Waals surface area contributed by atoms with Gasteiger partial charge in [0.15, 0.2) is 0 Å². The predicted octanol–water partition coefficient (Wildman–Crippen LogP) is 4.61. The van der Waals surface area contributed by atoms with Crippen LogP contribution in [0.1, 0.15) is 73.1 Å². The van der Waals surface area contributed by atoms with Crippen LogP contribution in [0, 0.1) is 22.7 Å². The number of rotatable bonds is 0. The van der Waals surface area contributed by atoms with Gasteiger partial charge in [-0.2, -0.15) is 0 Å². The van der Waals surface area contributed by atoms with Crippen LogP contribution < -0.4 is 0 Å². The molecule has 0 aromatic heterocycles. The van der Waals surface area contributed by atoms with Crippen molar-refractivity contribution in [2.24, 2.45) is 22.7 Å². The van der Waals surface area contributed by atoms with Gasteiger partial charge in [0.05, 0.1) is 5.60 Å². The minimum absolute atomic E-state index is 0.168. The van der Waals surface area contributed by atoms with Crippen LogP contribution in [0.25, 0.3) is 0 Å². The van der Waals surface area contributed by atoms with E-state index in [0.29, 0.717) is 11.3 Å². The minimum Gasteiger partial charge on any atom is -0.426 e. The Kier molecular flexibility index (Phi) is 3.01. The van der Waals surface area contributed by atoms with Crippen molar-refractivity contribution in [3.63, 3.8) is 0 Å². The molecule has 0 bridgehead atoms. The zero-order valence-corrected chi connectivity index (χ0v) is 15.2. The van der Waals surface area contributed by atoms with Gasteiger partial charge < -0.3 is 9.47 Å². The van der Waals surface area contributed by atoms with Crippen molar-refractivity contribution in [3.05, 3.63) is 11.6 Å². The van der Waals surface area contributed by atoms with Crippen LogP contribution in [0.2, 0.25) is 0 Å². The van der Waals surface area contributed by atoms with Gasteiger partial charge >= 0.3 is 5.97 Å². The molecule has 0 amide bonds. The Morgan fingerprint density at radius 3 is 2.48 bits per heavy atom. The third-order valence-electron chi connectivity index (χ3n) is 7.81. The summed E-state index contributed by atoms with van der Waals surface area (Å²) in [5.74, 6) is 0.177. The van der Waals surface area contributed by atoms with E-state index in [1.54, 1.807) is 6.08 Å². The summed E-state index contributed by atoms with van der Waals surface area (Å²) in [6, 6.07) is 0. The molecule has 0 aromatic carbocycles. The smallest absolute Gasteiger partial charge is 0.333 e. The van der Waals surface area contributed by atoms with Gasteiger partial charge in [0.25, 0.3) is 0 Å².